The van der Waals surface area contributed by atoms with Gasteiger partial charge in [0.2, 0.25) is 0 Å². The Balaban J connectivity index is 2.17. The molecule has 0 aromatic rings. The topological polar surface area (TPSA) is 29.5 Å². The van der Waals surface area contributed by atoms with E-state index in [1.54, 1.807) is 0 Å². The third-order valence-corrected chi connectivity index (χ3v) is 2.66. The first-order valence-corrected chi connectivity index (χ1v) is 5.26. The molecule has 0 saturated heterocycles. The number of rotatable bonds is 3. The molecule has 2 atom stereocenters. The van der Waals surface area contributed by atoms with Gasteiger partial charge in [0.1, 0.15) is 0 Å². The van der Waals surface area contributed by atoms with E-state index >= 15 is 0 Å². The highest BCUT2D eigenvalue weighted by Gasteiger charge is 2.25. The summed E-state index contributed by atoms with van der Waals surface area (Å²) in [5.74, 6) is 1.21. The number of hydrogen-bond donors (Lipinski definition) is 1. The maximum Gasteiger partial charge on any atom is 0.0598 e. The lowest BCUT2D eigenvalue weighted by Gasteiger charge is -2.22. The molecule has 0 aromatic carbocycles. The normalized spacial score (nSPS) is 29.5. The molecule has 1 rings (SSSR count). The predicted octanol–water partition coefficient (Wildman–Crippen LogP) is 2.21. The molecule has 0 amide bonds. The van der Waals surface area contributed by atoms with Gasteiger partial charge in [0, 0.05) is 6.61 Å². The van der Waals surface area contributed by atoms with Crippen molar-refractivity contribution in [2.45, 2.75) is 45.6 Å². The molecular weight excluding hydrogens is 164 g/mol. The first kappa shape index (κ1) is 11.0. The average molecular weight is 186 g/mol. The van der Waals surface area contributed by atoms with E-state index in [0.29, 0.717) is 18.4 Å². The van der Waals surface area contributed by atoms with E-state index in [1.165, 1.54) is 12.8 Å². The van der Waals surface area contributed by atoms with Gasteiger partial charge < -0.3 is 9.84 Å². The van der Waals surface area contributed by atoms with Gasteiger partial charge in [-0.25, -0.2) is 0 Å². The number of hydrogen-bond acceptors (Lipinski definition) is 2. The fourth-order valence-corrected chi connectivity index (χ4v) is 1.86. The molecule has 0 bridgehead atoms. The van der Waals surface area contributed by atoms with Crippen LogP contribution in [0.2, 0.25) is 0 Å². The summed E-state index contributed by atoms with van der Waals surface area (Å²) in [7, 11) is 0. The van der Waals surface area contributed by atoms with Crippen LogP contribution >= 0.6 is 0 Å². The van der Waals surface area contributed by atoms with Crippen LogP contribution in [0.15, 0.2) is 0 Å². The molecule has 78 valence electrons. The molecule has 1 aliphatic carbocycles. The third-order valence-electron chi connectivity index (χ3n) is 2.66. The highest BCUT2D eigenvalue weighted by atomic mass is 16.5. The Hall–Kier alpha value is -0.0800. The van der Waals surface area contributed by atoms with Crippen LogP contribution in [0, 0.1) is 11.8 Å². The van der Waals surface area contributed by atoms with E-state index in [1.807, 2.05) is 0 Å². The highest BCUT2D eigenvalue weighted by Crippen LogP contribution is 2.31. The van der Waals surface area contributed by atoms with Gasteiger partial charge >= 0.3 is 0 Å². The maximum atomic E-state index is 8.97. The van der Waals surface area contributed by atoms with Crippen LogP contribution in [0.1, 0.15) is 40.0 Å². The van der Waals surface area contributed by atoms with Crippen LogP contribution in [-0.2, 0) is 4.74 Å². The fourth-order valence-electron chi connectivity index (χ4n) is 1.86. The van der Waals surface area contributed by atoms with Gasteiger partial charge in [0.05, 0.1) is 12.2 Å². The Kier molecular flexibility index (Phi) is 3.74. The second-order valence-corrected chi connectivity index (χ2v) is 5.15. The van der Waals surface area contributed by atoms with Crippen molar-refractivity contribution in [3.63, 3.8) is 0 Å². The summed E-state index contributed by atoms with van der Waals surface area (Å²) in [6, 6.07) is 0. The highest BCUT2D eigenvalue weighted by molar-refractivity contribution is 4.75. The fraction of sp³-hybridized carbons (Fsp3) is 1.00. The minimum absolute atomic E-state index is 0.0166. The van der Waals surface area contributed by atoms with Gasteiger partial charge in [-0.15, -0.1) is 0 Å². The van der Waals surface area contributed by atoms with Crippen molar-refractivity contribution in [2.75, 3.05) is 13.2 Å². The van der Waals surface area contributed by atoms with E-state index in [0.717, 1.165) is 13.0 Å². The predicted molar refractivity (Wildman–Crippen MR) is 53.6 cm³/mol. The number of aliphatic hydroxyl groups is 1. The molecule has 13 heavy (non-hydrogen) atoms. The Bertz CT molecular complexity index is 149. The second kappa shape index (κ2) is 4.43. The third kappa shape index (κ3) is 4.10. The van der Waals surface area contributed by atoms with Gasteiger partial charge in [-0.2, -0.15) is 0 Å². The smallest absolute Gasteiger partial charge is 0.0598 e. The van der Waals surface area contributed by atoms with E-state index < -0.39 is 0 Å². The molecule has 1 N–H and O–H groups in total. The molecule has 0 aliphatic heterocycles. The molecule has 0 heterocycles. The van der Waals surface area contributed by atoms with E-state index in [2.05, 4.69) is 20.8 Å². The minimum Gasteiger partial charge on any atom is -0.396 e. The van der Waals surface area contributed by atoms with Crippen molar-refractivity contribution in [3.8, 4) is 0 Å². The van der Waals surface area contributed by atoms with E-state index in [-0.39, 0.29) is 5.60 Å². The van der Waals surface area contributed by atoms with Crippen LogP contribution in [0.5, 0.6) is 0 Å². The average Bonchev–Trinajstić information content (AvgIpc) is 2.47. The summed E-state index contributed by atoms with van der Waals surface area (Å²) in [6.45, 7) is 7.48. The lowest BCUT2D eigenvalue weighted by molar-refractivity contribution is -0.0219. The van der Waals surface area contributed by atoms with Gasteiger partial charge in [0.25, 0.3) is 0 Å². The van der Waals surface area contributed by atoms with Crippen molar-refractivity contribution in [1.82, 2.24) is 0 Å². The molecule has 2 nitrogen and oxygen atoms in total. The van der Waals surface area contributed by atoms with E-state index in [9.17, 15) is 0 Å². The molecule has 2 unspecified atom stereocenters. The first-order chi connectivity index (χ1) is 6.01. The second-order valence-electron chi connectivity index (χ2n) is 5.15. The summed E-state index contributed by atoms with van der Waals surface area (Å²) in [5.41, 5.74) is -0.0166. The Labute approximate surface area is 81.3 Å². The summed E-state index contributed by atoms with van der Waals surface area (Å²) < 4.78 is 5.72. The molecule has 0 aromatic heterocycles. The SMILES string of the molecule is CC(C)(C)OCC1CCC(CO)C1. The Morgan fingerprint density at radius 1 is 1.23 bits per heavy atom. The Morgan fingerprint density at radius 2 is 1.85 bits per heavy atom. The summed E-state index contributed by atoms with van der Waals surface area (Å²) >= 11 is 0. The molecule has 0 spiro atoms. The van der Waals surface area contributed by atoms with Gasteiger partial charge in [-0.05, 0) is 51.9 Å². The lowest BCUT2D eigenvalue weighted by Crippen LogP contribution is -2.22. The van der Waals surface area contributed by atoms with Crippen LogP contribution in [0.25, 0.3) is 0 Å². The Morgan fingerprint density at radius 3 is 2.31 bits per heavy atom. The van der Waals surface area contributed by atoms with Crippen LogP contribution in [0.3, 0.4) is 0 Å². The van der Waals surface area contributed by atoms with Crippen molar-refractivity contribution in [3.05, 3.63) is 0 Å². The monoisotopic (exact) mass is 186 g/mol. The lowest BCUT2D eigenvalue weighted by atomic mass is 10.1. The quantitative estimate of drug-likeness (QED) is 0.732. The van der Waals surface area contributed by atoms with E-state index in [4.69, 9.17) is 9.84 Å². The largest absolute Gasteiger partial charge is 0.396 e. The first-order valence-electron chi connectivity index (χ1n) is 5.26. The van der Waals surface area contributed by atoms with Crippen LogP contribution in [-0.4, -0.2) is 23.9 Å². The van der Waals surface area contributed by atoms with Crippen molar-refractivity contribution < 1.29 is 9.84 Å². The van der Waals surface area contributed by atoms with Crippen LogP contribution in [0.4, 0.5) is 0 Å². The van der Waals surface area contributed by atoms with Crippen molar-refractivity contribution >= 4 is 0 Å². The molecule has 1 saturated carbocycles. The maximum absolute atomic E-state index is 8.97. The summed E-state index contributed by atoms with van der Waals surface area (Å²) in [5, 5.41) is 8.97. The summed E-state index contributed by atoms with van der Waals surface area (Å²) in [4.78, 5) is 0. The van der Waals surface area contributed by atoms with Gasteiger partial charge in [-0.1, -0.05) is 0 Å². The zero-order valence-electron chi connectivity index (χ0n) is 9.05. The zero-order chi connectivity index (χ0) is 9.90. The van der Waals surface area contributed by atoms with Gasteiger partial charge in [-0.3, -0.25) is 0 Å². The molecule has 1 fully saturated rings. The summed E-state index contributed by atoms with van der Waals surface area (Å²) in [6.07, 6.45) is 3.54. The molecular formula is C11H22O2. The van der Waals surface area contributed by atoms with Crippen molar-refractivity contribution in [2.24, 2.45) is 11.8 Å². The van der Waals surface area contributed by atoms with Gasteiger partial charge in [0.15, 0.2) is 0 Å². The molecule has 2 heteroatoms. The van der Waals surface area contributed by atoms with Crippen LogP contribution < -0.4 is 0 Å². The zero-order valence-corrected chi connectivity index (χ0v) is 9.05. The number of ether oxygens (including phenoxy) is 1. The molecule has 0 radical (unpaired) electrons. The standard InChI is InChI=1S/C11H22O2/c1-11(2,3)13-8-10-5-4-9(6-10)7-12/h9-10,12H,4-8H2,1-3H3. The van der Waals surface area contributed by atoms with Crippen molar-refractivity contribution in [1.29, 1.82) is 0 Å². The number of aliphatic hydroxyl groups excluding tert-OH is 1. The minimum atomic E-state index is -0.0166. The molecule has 1 aliphatic rings.